The summed E-state index contributed by atoms with van der Waals surface area (Å²) in [5, 5.41) is 0. The second-order valence-corrected chi connectivity index (χ2v) is 6.48. The summed E-state index contributed by atoms with van der Waals surface area (Å²) in [6, 6.07) is 14.5. The Morgan fingerprint density at radius 3 is 2.29 bits per heavy atom. The molecule has 1 aromatic heterocycles. The molecule has 0 bridgehead atoms. The van der Waals surface area contributed by atoms with E-state index in [2.05, 4.69) is 62.6 Å². The molecule has 0 aliphatic carbocycles. The number of para-hydroxylation sites is 1. The van der Waals surface area contributed by atoms with Crippen LogP contribution in [-0.2, 0) is 6.50 Å². The highest BCUT2D eigenvalue weighted by atomic mass is 15.2. The molecule has 0 unspecified atom stereocenters. The predicted octanol–water partition coefficient (Wildman–Crippen LogP) is 4.69. The van der Waals surface area contributed by atoms with Crippen LogP contribution >= 0.6 is 0 Å². The van der Waals surface area contributed by atoms with Gasteiger partial charge in [-0.3, -0.25) is 0 Å². The third-order valence-corrected chi connectivity index (χ3v) is 4.88. The number of nitrogens with zero attached hydrogens (tertiary/aromatic N) is 2. The third kappa shape index (κ3) is 2.06. The van der Waals surface area contributed by atoms with Crippen LogP contribution in [0.25, 0.3) is 23.2 Å². The fourth-order valence-corrected chi connectivity index (χ4v) is 3.67. The van der Waals surface area contributed by atoms with Crippen molar-refractivity contribution in [2.24, 2.45) is 0 Å². The van der Waals surface area contributed by atoms with Gasteiger partial charge in [-0.1, -0.05) is 36.4 Å². The first-order chi connectivity index (χ1) is 12.3. The van der Waals surface area contributed by atoms with Gasteiger partial charge in [0.05, 0.1) is 8.30 Å². The van der Waals surface area contributed by atoms with Crippen molar-refractivity contribution in [3.63, 3.8) is 0 Å². The zero-order valence-corrected chi connectivity index (χ0v) is 14.6. The highest BCUT2D eigenvalue weighted by Gasteiger charge is 2.33. The third-order valence-electron chi connectivity index (χ3n) is 4.88. The van der Waals surface area contributed by atoms with E-state index < -0.39 is 6.50 Å². The Morgan fingerprint density at radius 2 is 1.58 bits per heavy atom. The maximum atomic E-state index is 8.55. The van der Waals surface area contributed by atoms with Gasteiger partial charge >= 0.3 is 0 Å². The number of hydrogen-bond acceptors (Lipinski definition) is 0. The Balaban J connectivity index is 2.18. The lowest BCUT2D eigenvalue weighted by Crippen LogP contribution is -2.34. The number of aryl methyl sites for hydroxylation is 3. The summed E-state index contributed by atoms with van der Waals surface area (Å²) in [5.74, 6) is 0.900. The van der Waals surface area contributed by atoms with Gasteiger partial charge in [0, 0.05) is 6.92 Å². The van der Waals surface area contributed by atoms with Crippen molar-refractivity contribution in [1.82, 2.24) is 4.57 Å². The molecule has 0 saturated carbocycles. The van der Waals surface area contributed by atoms with Gasteiger partial charge in [-0.25, -0.2) is 4.57 Å². The molecule has 0 saturated heterocycles. The molecule has 2 nitrogen and oxygen atoms in total. The zero-order valence-electron chi connectivity index (χ0n) is 16.6. The molecule has 0 N–H and O–H groups in total. The van der Waals surface area contributed by atoms with E-state index in [0.29, 0.717) is 0 Å². The number of rotatable bonds is 2. The van der Waals surface area contributed by atoms with Crippen LogP contribution in [-0.4, -0.2) is 4.57 Å². The fraction of sp³-hybridized carbons (Fsp3) is 0.227. The van der Waals surface area contributed by atoms with Crippen LogP contribution in [0, 0.1) is 27.7 Å². The van der Waals surface area contributed by atoms with Crippen LogP contribution in [0.4, 0.5) is 0 Å². The number of aromatic nitrogens is 2. The molecule has 0 fully saturated rings. The van der Waals surface area contributed by atoms with Crippen molar-refractivity contribution >= 4 is 6.08 Å². The Bertz CT molecular complexity index is 1040. The Hall–Kier alpha value is -2.61. The van der Waals surface area contributed by atoms with E-state index in [1.165, 1.54) is 5.56 Å². The summed E-state index contributed by atoms with van der Waals surface area (Å²) < 4.78 is 21.2. The largest absolute Gasteiger partial charge is 0.295 e. The molecule has 120 valence electrons. The van der Waals surface area contributed by atoms with Gasteiger partial charge in [0.2, 0.25) is 0 Å². The molecule has 1 aliphatic rings. The Morgan fingerprint density at radius 1 is 0.917 bits per heavy atom. The van der Waals surface area contributed by atoms with E-state index in [9.17, 15) is 0 Å². The SMILES string of the molecule is [2H]C1([2H])C=Cc2c(C)n(-c3ccccc3C)c(-c3c(C)cccc3C)[n+]21. The lowest BCUT2D eigenvalue weighted by Gasteiger charge is -2.11. The van der Waals surface area contributed by atoms with Crippen LogP contribution < -0.4 is 4.57 Å². The molecule has 24 heavy (non-hydrogen) atoms. The number of hydrogen-bond donors (Lipinski definition) is 0. The number of allylic oxidation sites excluding steroid dienone is 1. The minimum atomic E-state index is -1.54. The molecule has 2 aromatic carbocycles. The molecule has 2 heteroatoms. The number of benzene rings is 2. The summed E-state index contributed by atoms with van der Waals surface area (Å²) >= 11 is 0. The summed E-state index contributed by atoms with van der Waals surface area (Å²) in [6.07, 6.45) is 3.55. The van der Waals surface area contributed by atoms with E-state index in [1.807, 2.05) is 22.8 Å². The van der Waals surface area contributed by atoms with E-state index in [1.54, 1.807) is 6.08 Å². The lowest BCUT2D eigenvalue weighted by atomic mass is 10.0. The molecule has 2 heterocycles. The first-order valence-electron chi connectivity index (χ1n) is 9.32. The zero-order chi connectivity index (χ0) is 18.6. The minimum Gasteiger partial charge on any atom is -0.219 e. The molecule has 1 aliphatic heterocycles. The lowest BCUT2D eigenvalue weighted by molar-refractivity contribution is -0.672. The summed E-state index contributed by atoms with van der Waals surface area (Å²) in [7, 11) is 0. The second-order valence-electron chi connectivity index (χ2n) is 6.48. The quantitative estimate of drug-likeness (QED) is 0.606. The highest BCUT2D eigenvalue weighted by Crippen LogP contribution is 2.32. The highest BCUT2D eigenvalue weighted by molar-refractivity contribution is 5.68. The van der Waals surface area contributed by atoms with Crippen molar-refractivity contribution in [1.29, 1.82) is 0 Å². The van der Waals surface area contributed by atoms with E-state index in [0.717, 1.165) is 39.6 Å². The average molecular weight is 317 g/mol. The van der Waals surface area contributed by atoms with Gasteiger partial charge in [-0.05, 0) is 55.7 Å². The van der Waals surface area contributed by atoms with E-state index in [-0.39, 0.29) is 0 Å². The fourth-order valence-electron chi connectivity index (χ4n) is 3.67. The molecule has 3 aromatic rings. The molecule has 4 rings (SSSR count). The van der Waals surface area contributed by atoms with Crippen LogP contribution in [0.3, 0.4) is 0 Å². The molecule has 0 amide bonds. The Labute approximate surface area is 146 Å². The topological polar surface area (TPSA) is 8.81 Å². The van der Waals surface area contributed by atoms with Crippen molar-refractivity contribution in [2.45, 2.75) is 34.2 Å². The van der Waals surface area contributed by atoms with Crippen molar-refractivity contribution in [3.05, 3.63) is 76.6 Å². The van der Waals surface area contributed by atoms with Gasteiger partial charge in [-0.2, -0.15) is 4.57 Å². The summed E-state index contributed by atoms with van der Waals surface area (Å²) in [5.41, 5.74) is 7.63. The number of imidazole rings is 1. The predicted molar refractivity (Wildman–Crippen MR) is 99.4 cm³/mol. The van der Waals surface area contributed by atoms with E-state index in [4.69, 9.17) is 2.74 Å². The van der Waals surface area contributed by atoms with Crippen LogP contribution in [0.2, 0.25) is 0 Å². The maximum Gasteiger partial charge on any atom is 0.295 e. The maximum absolute atomic E-state index is 8.55. The average Bonchev–Trinajstić information content (AvgIpc) is 3.04. The second kappa shape index (κ2) is 5.48. The Kier molecular flexibility index (Phi) is 2.92. The smallest absolute Gasteiger partial charge is 0.219 e. The molecule has 0 spiro atoms. The molecule has 0 atom stereocenters. The van der Waals surface area contributed by atoms with Crippen LogP contribution in [0.1, 0.15) is 30.8 Å². The van der Waals surface area contributed by atoms with Gasteiger partial charge < -0.3 is 0 Å². The normalized spacial score (nSPS) is 16.0. The van der Waals surface area contributed by atoms with Gasteiger partial charge in [0.1, 0.15) is 12.2 Å². The minimum absolute atomic E-state index is 0.900. The van der Waals surface area contributed by atoms with Gasteiger partial charge in [-0.15, -0.1) is 0 Å². The van der Waals surface area contributed by atoms with Crippen molar-refractivity contribution in [3.8, 4) is 17.1 Å². The number of fused-ring (bicyclic) bond motifs is 1. The first-order valence-corrected chi connectivity index (χ1v) is 8.32. The van der Waals surface area contributed by atoms with Crippen molar-refractivity contribution < 1.29 is 7.31 Å². The summed E-state index contributed by atoms with van der Waals surface area (Å²) in [6.45, 7) is 6.82. The molecule has 0 radical (unpaired) electrons. The molecular weight excluding hydrogens is 292 g/mol. The van der Waals surface area contributed by atoms with Gasteiger partial charge in [0.15, 0.2) is 11.4 Å². The summed E-state index contributed by atoms with van der Waals surface area (Å²) in [4.78, 5) is 0. The van der Waals surface area contributed by atoms with Crippen LogP contribution in [0.15, 0.2) is 48.5 Å². The van der Waals surface area contributed by atoms with Crippen molar-refractivity contribution in [2.75, 3.05) is 0 Å². The first kappa shape index (κ1) is 12.8. The van der Waals surface area contributed by atoms with E-state index >= 15 is 0 Å². The van der Waals surface area contributed by atoms with Crippen LogP contribution in [0.5, 0.6) is 0 Å². The molecular formula is C22H23N2+. The monoisotopic (exact) mass is 317 g/mol. The standard InChI is InChI=1S/C22H23N2/c1-15-9-5-6-12-19(15)24-18(4)20-13-8-14-23(20)22(24)21-16(2)10-7-11-17(21)3/h5-13H,14H2,1-4H3/q+1/i14D2. The van der Waals surface area contributed by atoms with Gasteiger partial charge in [0.25, 0.3) is 5.82 Å².